The van der Waals surface area contributed by atoms with Gasteiger partial charge in [-0.1, -0.05) is 18.2 Å². The van der Waals surface area contributed by atoms with Gasteiger partial charge in [-0.05, 0) is 19.1 Å². The largest absolute Gasteiger partial charge is 0.376 e. The topological polar surface area (TPSA) is 41.6 Å². The predicted octanol–water partition coefficient (Wildman–Crippen LogP) is 2.62. The number of morpholine rings is 1. The van der Waals surface area contributed by atoms with Crippen LogP contribution < -0.4 is 5.32 Å². The third kappa shape index (κ3) is 5.19. The maximum Gasteiger partial charge on any atom is 0.238 e. The number of para-hydroxylation sites is 1. The standard InChI is InChI=1S/C16H22N2O2S/c1-3-10-21-15-7-5-4-6-14(15)17-16(19)12-18-8-9-20-13(2)11-18/h3-7,13H,1,8-12H2,2H3,(H,17,19). The van der Waals surface area contributed by atoms with Gasteiger partial charge in [0.15, 0.2) is 0 Å². The van der Waals surface area contributed by atoms with E-state index in [2.05, 4.69) is 16.8 Å². The lowest BCUT2D eigenvalue weighted by atomic mass is 10.3. The van der Waals surface area contributed by atoms with E-state index in [0.29, 0.717) is 13.2 Å². The Labute approximate surface area is 130 Å². The summed E-state index contributed by atoms with van der Waals surface area (Å²) in [7, 11) is 0. The number of benzene rings is 1. The number of hydrogen-bond donors (Lipinski definition) is 1. The summed E-state index contributed by atoms with van der Waals surface area (Å²) in [5.41, 5.74) is 0.871. The highest BCUT2D eigenvalue weighted by Gasteiger charge is 2.19. The number of anilines is 1. The molecular weight excluding hydrogens is 284 g/mol. The molecule has 114 valence electrons. The van der Waals surface area contributed by atoms with Crippen LogP contribution in [0.4, 0.5) is 5.69 Å². The number of carbonyl (C=O) groups is 1. The van der Waals surface area contributed by atoms with Gasteiger partial charge in [0.05, 0.1) is 24.9 Å². The number of rotatable bonds is 6. The molecule has 1 aromatic rings. The van der Waals surface area contributed by atoms with E-state index in [9.17, 15) is 4.79 Å². The minimum atomic E-state index is 0.0238. The molecule has 0 bridgehead atoms. The lowest BCUT2D eigenvalue weighted by molar-refractivity contribution is -0.119. The third-order valence-electron chi connectivity index (χ3n) is 3.21. The third-order valence-corrected chi connectivity index (χ3v) is 4.28. The molecular formula is C16H22N2O2S. The average Bonchev–Trinajstić information content (AvgIpc) is 2.46. The lowest BCUT2D eigenvalue weighted by Gasteiger charge is -2.30. The molecule has 1 heterocycles. The van der Waals surface area contributed by atoms with E-state index in [1.807, 2.05) is 37.3 Å². The summed E-state index contributed by atoms with van der Waals surface area (Å²) in [5.74, 6) is 0.851. The zero-order chi connectivity index (χ0) is 15.1. The van der Waals surface area contributed by atoms with Crippen LogP contribution in [0.25, 0.3) is 0 Å². The molecule has 1 fully saturated rings. The number of ether oxygens (including phenoxy) is 1. The van der Waals surface area contributed by atoms with Crippen LogP contribution in [-0.2, 0) is 9.53 Å². The molecule has 1 saturated heterocycles. The summed E-state index contributed by atoms with van der Waals surface area (Å²) in [5, 5.41) is 3.01. The normalized spacial score (nSPS) is 19.2. The lowest BCUT2D eigenvalue weighted by Crippen LogP contribution is -2.44. The second kappa shape index (κ2) is 8.22. The molecule has 0 saturated carbocycles. The van der Waals surface area contributed by atoms with Gasteiger partial charge < -0.3 is 10.1 Å². The van der Waals surface area contributed by atoms with Crippen molar-refractivity contribution < 1.29 is 9.53 Å². The van der Waals surface area contributed by atoms with Crippen molar-refractivity contribution in [3.63, 3.8) is 0 Å². The van der Waals surface area contributed by atoms with Crippen molar-refractivity contribution in [1.29, 1.82) is 0 Å². The molecule has 1 amide bonds. The van der Waals surface area contributed by atoms with E-state index < -0.39 is 0 Å². The van der Waals surface area contributed by atoms with Crippen LogP contribution in [0.1, 0.15) is 6.92 Å². The molecule has 1 atom stereocenters. The number of nitrogens with one attached hydrogen (secondary N) is 1. The van der Waals surface area contributed by atoms with Crippen LogP contribution in [0.3, 0.4) is 0 Å². The van der Waals surface area contributed by atoms with E-state index in [4.69, 9.17) is 4.74 Å². The first-order valence-electron chi connectivity index (χ1n) is 7.15. The molecule has 1 unspecified atom stereocenters. The Morgan fingerprint density at radius 2 is 2.38 bits per heavy atom. The molecule has 5 heteroatoms. The Hall–Kier alpha value is -1.30. The summed E-state index contributed by atoms with van der Waals surface area (Å²) in [6, 6.07) is 7.86. The Morgan fingerprint density at radius 1 is 1.57 bits per heavy atom. The Kier molecular flexibility index (Phi) is 6.29. The van der Waals surface area contributed by atoms with Gasteiger partial charge in [-0.15, -0.1) is 18.3 Å². The molecule has 1 aliphatic rings. The second-order valence-electron chi connectivity index (χ2n) is 5.06. The quantitative estimate of drug-likeness (QED) is 0.648. The number of nitrogens with zero attached hydrogens (tertiary/aromatic N) is 1. The monoisotopic (exact) mass is 306 g/mol. The average molecular weight is 306 g/mol. The van der Waals surface area contributed by atoms with Crippen LogP contribution >= 0.6 is 11.8 Å². The fourth-order valence-corrected chi connectivity index (χ4v) is 3.02. The van der Waals surface area contributed by atoms with E-state index in [-0.39, 0.29) is 12.0 Å². The van der Waals surface area contributed by atoms with E-state index >= 15 is 0 Å². The van der Waals surface area contributed by atoms with Gasteiger partial charge in [0.1, 0.15) is 0 Å². The van der Waals surface area contributed by atoms with Gasteiger partial charge in [0.25, 0.3) is 0 Å². The van der Waals surface area contributed by atoms with E-state index in [1.165, 1.54) is 0 Å². The highest BCUT2D eigenvalue weighted by atomic mass is 32.2. The molecule has 0 aromatic heterocycles. The van der Waals surface area contributed by atoms with Crippen LogP contribution in [-0.4, -0.2) is 48.9 Å². The molecule has 2 rings (SSSR count). The zero-order valence-electron chi connectivity index (χ0n) is 12.4. The molecule has 0 aliphatic carbocycles. The molecule has 0 radical (unpaired) electrons. The Bertz CT molecular complexity index is 493. The Balaban J connectivity index is 1.91. The highest BCUT2D eigenvalue weighted by molar-refractivity contribution is 7.99. The molecule has 1 aliphatic heterocycles. The second-order valence-corrected chi connectivity index (χ2v) is 6.12. The number of hydrogen-bond acceptors (Lipinski definition) is 4. The molecule has 4 nitrogen and oxygen atoms in total. The van der Waals surface area contributed by atoms with Gasteiger partial charge >= 0.3 is 0 Å². The summed E-state index contributed by atoms with van der Waals surface area (Å²) in [6.07, 6.45) is 2.06. The van der Waals surface area contributed by atoms with Crippen molar-refractivity contribution in [2.75, 3.05) is 37.3 Å². The number of amides is 1. The van der Waals surface area contributed by atoms with Gasteiger partial charge in [0, 0.05) is 23.7 Å². The first-order valence-corrected chi connectivity index (χ1v) is 8.14. The van der Waals surface area contributed by atoms with Crippen LogP contribution in [0.15, 0.2) is 41.8 Å². The molecule has 21 heavy (non-hydrogen) atoms. The number of carbonyl (C=O) groups excluding carboxylic acids is 1. The summed E-state index contributed by atoms with van der Waals surface area (Å²) >= 11 is 1.67. The van der Waals surface area contributed by atoms with Crippen molar-refractivity contribution in [2.45, 2.75) is 17.9 Å². The van der Waals surface area contributed by atoms with Gasteiger partial charge in [-0.2, -0.15) is 0 Å². The summed E-state index contributed by atoms with van der Waals surface area (Å²) in [4.78, 5) is 15.4. The van der Waals surface area contributed by atoms with Crippen molar-refractivity contribution in [2.24, 2.45) is 0 Å². The first kappa shape index (κ1) is 16.1. The first-order chi connectivity index (χ1) is 10.2. The van der Waals surface area contributed by atoms with Gasteiger partial charge in [0.2, 0.25) is 5.91 Å². The minimum Gasteiger partial charge on any atom is -0.376 e. The molecule has 1 aromatic carbocycles. The Morgan fingerprint density at radius 3 is 3.14 bits per heavy atom. The summed E-state index contributed by atoms with van der Waals surface area (Å²) in [6.45, 7) is 8.48. The molecule has 1 N–H and O–H groups in total. The SMILES string of the molecule is C=CCSc1ccccc1NC(=O)CN1CCOC(C)C1. The maximum atomic E-state index is 12.2. The van der Waals surface area contributed by atoms with Gasteiger partial charge in [-0.25, -0.2) is 0 Å². The van der Waals surface area contributed by atoms with Crippen LogP contribution in [0.2, 0.25) is 0 Å². The van der Waals surface area contributed by atoms with Crippen molar-refractivity contribution in [3.05, 3.63) is 36.9 Å². The number of thioether (sulfide) groups is 1. The fourth-order valence-electron chi connectivity index (χ4n) is 2.27. The van der Waals surface area contributed by atoms with E-state index in [1.54, 1.807) is 11.8 Å². The van der Waals surface area contributed by atoms with Crippen molar-refractivity contribution in [3.8, 4) is 0 Å². The minimum absolute atomic E-state index is 0.0238. The molecule has 0 spiro atoms. The van der Waals surface area contributed by atoms with Crippen molar-refractivity contribution in [1.82, 2.24) is 4.90 Å². The smallest absolute Gasteiger partial charge is 0.238 e. The fraction of sp³-hybridized carbons (Fsp3) is 0.438. The van der Waals surface area contributed by atoms with Gasteiger partial charge in [-0.3, -0.25) is 9.69 Å². The maximum absolute atomic E-state index is 12.2. The van der Waals surface area contributed by atoms with Crippen molar-refractivity contribution >= 4 is 23.4 Å². The van der Waals surface area contributed by atoms with E-state index in [0.717, 1.165) is 29.4 Å². The zero-order valence-corrected chi connectivity index (χ0v) is 13.2. The highest BCUT2D eigenvalue weighted by Crippen LogP contribution is 2.26. The van der Waals surface area contributed by atoms with Crippen LogP contribution in [0.5, 0.6) is 0 Å². The van der Waals surface area contributed by atoms with Crippen LogP contribution in [0, 0.1) is 0 Å². The summed E-state index contributed by atoms with van der Waals surface area (Å²) < 4.78 is 5.49. The predicted molar refractivity (Wildman–Crippen MR) is 87.8 cm³/mol.